The molecule has 22 aliphatic heterocycles. The van der Waals surface area contributed by atoms with Crippen LogP contribution in [0.25, 0.3) is 0 Å². The van der Waals surface area contributed by atoms with Crippen LogP contribution in [0.5, 0.6) is 0 Å². The number of nitrogens with one attached hydrogen (secondary N) is 1. The SMILES string of the molecule is NCCCCCCNC[C@H]1O[C@@H]2O[C@H]3[C@H](O)[C@@H](O)[C@@H](O[C@H]4[C@H](O)[C@@H](O)[C@@H](O[C@H]5[C@H](O)[C@@H](O)[C@@H](O[C@H]6[C@H](O)[C@@H](O)[C@@H](O[C@H]7[C@H](O)[C@@H](O)[C@@H](O[C@H]1[C@H](O)[C@H]2O)O[C@@H]7CO)O[C@@H]6CO)O[C@@H]5CO)O[C@@H]4CO)O[C@@H]3CO. The standard InChI is InChI=1S/C42H74N2O29/c43-5-3-1-2-4-6-44-7-13-31-19(50)25(56)37(62-13)69-32-14(8-45)64-39(27(58)21(32)52)71-34-16(10-47)66-41(29(60)23(34)54)73-36-18(12-49)67-42(30(61)24(36)55)72-35-17(11-48)65-40(28(59)22(35)53)70-33-15(9-46)63-38(68-31)26(57)20(33)51/h13-42,44-61H,1-12,43H2/t13-,14-,15-,16-,17-,18-,19-,20-,21-,22-,23-,24-,25-,26-,27-,28-,29-,30-,31-,32-,33-,34-,35-,36-,37-,38-,39-,40-,41-,42-/m1/s1. The number of rotatable bonds is 13. The molecule has 0 radical (unpaired) electrons. The van der Waals surface area contributed by atoms with Gasteiger partial charge >= 0.3 is 0 Å². The molecule has 22 fully saturated rings. The van der Waals surface area contributed by atoms with Crippen molar-refractivity contribution in [2.45, 2.75) is 210 Å². The minimum absolute atomic E-state index is 0.155. The van der Waals surface area contributed by atoms with Gasteiger partial charge in [0.2, 0.25) is 0 Å². The van der Waals surface area contributed by atoms with Gasteiger partial charge in [-0.15, -0.1) is 0 Å². The van der Waals surface area contributed by atoms with Crippen LogP contribution in [0.2, 0.25) is 0 Å². The zero-order chi connectivity index (χ0) is 53.0. The number of unbranched alkanes of at least 4 members (excludes halogenated alkanes) is 3. The average Bonchev–Trinajstić information content (AvgIpc) is 3.38. The maximum atomic E-state index is 11.7. The van der Waals surface area contributed by atoms with Crippen LogP contribution >= 0.6 is 0 Å². The molecule has 0 aromatic rings. The Morgan fingerprint density at radius 3 is 0.726 bits per heavy atom. The van der Waals surface area contributed by atoms with Crippen molar-refractivity contribution in [2.75, 3.05) is 52.7 Å². The zero-order valence-corrected chi connectivity index (χ0v) is 39.4. The van der Waals surface area contributed by atoms with Crippen molar-refractivity contribution in [3.63, 3.8) is 0 Å². The quantitative estimate of drug-likeness (QED) is 0.0762. The lowest BCUT2D eigenvalue weighted by Gasteiger charge is -2.50. The van der Waals surface area contributed by atoms with Gasteiger partial charge in [0.15, 0.2) is 37.7 Å². The summed E-state index contributed by atoms with van der Waals surface area (Å²) in [5.74, 6) is 0. The third-order valence-corrected chi connectivity index (χ3v) is 14.1. The molecular weight excluding hydrogens is 996 g/mol. The van der Waals surface area contributed by atoms with E-state index in [9.17, 15) is 86.8 Å². The van der Waals surface area contributed by atoms with Crippen molar-refractivity contribution in [3.05, 3.63) is 0 Å². The summed E-state index contributed by atoms with van der Waals surface area (Å²) in [4.78, 5) is 0. The van der Waals surface area contributed by atoms with E-state index in [-0.39, 0.29) is 6.54 Å². The number of hydrogen-bond donors (Lipinski definition) is 19. The summed E-state index contributed by atoms with van der Waals surface area (Å²) in [6.07, 6.45) is -54.1. The molecule has 22 aliphatic rings. The highest BCUT2D eigenvalue weighted by Gasteiger charge is 2.58. The molecule has 22 rings (SSSR count). The average molecular weight is 1070 g/mol. The van der Waals surface area contributed by atoms with Crippen LogP contribution < -0.4 is 11.1 Å². The van der Waals surface area contributed by atoms with E-state index in [4.69, 9.17) is 62.6 Å². The van der Waals surface area contributed by atoms with Crippen LogP contribution in [0.3, 0.4) is 0 Å². The van der Waals surface area contributed by atoms with Crippen molar-refractivity contribution < 1.29 is 144 Å². The Bertz CT molecular complexity index is 1640. The monoisotopic (exact) mass is 1070 g/mol. The van der Waals surface area contributed by atoms with Crippen LogP contribution in [0.1, 0.15) is 25.7 Å². The number of hydrogen-bond acceptors (Lipinski definition) is 31. The Morgan fingerprint density at radius 2 is 0.493 bits per heavy atom. The molecule has 30 atom stereocenters. The van der Waals surface area contributed by atoms with Gasteiger partial charge in [-0.25, -0.2) is 0 Å². The first-order valence-corrected chi connectivity index (χ1v) is 24.4. The predicted octanol–water partition coefficient (Wildman–Crippen LogP) is -11.9. The normalized spacial score (nSPS) is 51.2. The smallest absolute Gasteiger partial charge is 0.187 e. The Kier molecular flexibility index (Phi) is 21.7. The molecule has 426 valence electrons. The summed E-state index contributed by atoms with van der Waals surface area (Å²) in [5, 5.41) is 191. The van der Waals surface area contributed by atoms with E-state index < -0.39 is 217 Å². The summed E-state index contributed by atoms with van der Waals surface area (Å²) in [6, 6.07) is 0. The molecule has 0 saturated carbocycles. The Labute approximate surface area is 416 Å². The lowest BCUT2D eigenvalue weighted by Crippen LogP contribution is -2.69. The van der Waals surface area contributed by atoms with Gasteiger partial charge in [0.25, 0.3) is 0 Å². The van der Waals surface area contributed by atoms with Gasteiger partial charge in [-0.3, -0.25) is 0 Å². The van der Waals surface area contributed by atoms with Crippen LogP contribution in [-0.4, -0.2) is 324 Å². The van der Waals surface area contributed by atoms with Crippen LogP contribution in [0, 0.1) is 0 Å². The van der Waals surface area contributed by atoms with Crippen molar-refractivity contribution in [3.8, 4) is 0 Å². The molecule has 0 aliphatic carbocycles. The second-order valence-corrected chi connectivity index (χ2v) is 19.1. The fourth-order valence-electron chi connectivity index (χ4n) is 9.94. The third-order valence-electron chi connectivity index (χ3n) is 14.1. The van der Waals surface area contributed by atoms with Gasteiger partial charge in [0, 0.05) is 6.54 Å². The first kappa shape index (κ1) is 59.4. The molecule has 31 heteroatoms. The van der Waals surface area contributed by atoms with E-state index in [0.717, 1.165) is 19.3 Å². The van der Waals surface area contributed by atoms with Crippen molar-refractivity contribution in [1.82, 2.24) is 5.32 Å². The number of nitrogens with two attached hydrogens (primary N) is 1. The molecule has 0 unspecified atom stereocenters. The fraction of sp³-hybridized carbons (Fsp3) is 1.00. The van der Waals surface area contributed by atoms with E-state index in [1.807, 2.05) is 0 Å². The maximum absolute atomic E-state index is 11.7. The summed E-state index contributed by atoms with van der Waals surface area (Å²) < 4.78 is 69.7. The summed E-state index contributed by atoms with van der Waals surface area (Å²) >= 11 is 0. The molecule has 73 heavy (non-hydrogen) atoms. The van der Waals surface area contributed by atoms with E-state index >= 15 is 0 Å². The lowest BCUT2D eigenvalue weighted by atomic mass is 9.94. The third kappa shape index (κ3) is 12.8. The van der Waals surface area contributed by atoms with Gasteiger partial charge in [0.1, 0.15) is 146 Å². The zero-order valence-electron chi connectivity index (χ0n) is 39.4. The molecule has 22 saturated heterocycles. The largest absolute Gasteiger partial charge is 0.394 e. The first-order valence-electron chi connectivity index (χ1n) is 24.4. The lowest BCUT2D eigenvalue weighted by molar-refractivity contribution is -0.403. The predicted molar refractivity (Wildman–Crippen MR) is 229 cm³/mol. The summed E-state index contributed by atoms with van der Waals surface area (Å²) in [7, 11) is 0. The molecule has 31 nitrogen and oxygen atoms in total. The molecule has 0 aromatic carbocycles. The van der Waals surface area contributed by atoms with E-state index in [1.54, 1.807) is 0 Å². The highest BCUT2D eigenvalue weighted by Crippen LogP contribution is 2.38. The van der Waals surface area contributed by atoms with E-state index in [1.165, 1.54) is 0 Å². The van der Waals surface area contributed by atoms with Gasteiger partial charge in [-0.2, -0.15) is 0 Å². The van der Waals surface area contributed by atoms with Crippen LogP contribution in [0.15, 0.2) is 0 Å². The molecule has 22 heterocycles. The second kappa shape index (κ2) is 26.6. The van der Waals surface area contributed by atoms with E-state index in [0.29, 0.717) is 19.5 Å². The molecule has 0 aromatic heterocycles. The Hall–Kier alpha value is -1.24. The van der Waals surface area contributed by atoms with E-state index in [2.05, 4.69) is 5.32 Å². The molecule has 0 spiro atoms. The highest BCUT2D eigenvalue weighted by atomic mass is 16.8. The van der Waals surface area contributed by atoms with Crippen LogP contribution in [-0.2, 0) is 56.8 Å². The van der Waals surface area contributed by atoms with Crippen molar-refractivity contribution >= 4 is 0 Å². The van der Waals surface area contributed by atoms with Gasteiger partial charge in [0.05, 0.1) is 33.0 Å². The fourth-order valence-corrected chi connectivity index (χ4v) is 9.94. The highest BCUT2D eigenvalue weighted by molar-refractivity contribution is 5.01. The van der Waals surface area contributed by atoms with Crippen molar-refractivity contribution in [1.29, 1.82) is 0 Å². The van der Waals surface area contributed by atoms with Gasteiger partial charge in [-0.05, 0) is 25.9 Å². The maximum Gasteiger partial charge on any atom is 0.187 e. The summed E-state index contributed by atoms with van der Waals surface area (Å²) in [6.45, 7) is -4.15. The number of ether oxygens (including phenoxy) is 12. The number of aliphatic hydroxyl groups excluding tert-OH is 17. The molecule has 0 amide bonds. The minimum atomic E-state index is -2.14. The number of aliphatic hydroxyl groups is 17. The Balaban J connectivity index is 1.19. The molecule has 12 bridgehead atoms. The first-order chi connectivity index (χ1) is 34.9. The van der Waals surface area contributed by atoms with Crippen LogP contribution in [0.4, 0.5) is 0 Å². The van der Waals surface area contributed by atoms with Crippen molar-refractivity contribution in [2.24, 2.45) is 5.73 Å². The minimum Gasteiger partial charge on any atom is -0.394 e. The van der Waals surface area contributed by atoms with Gasteiger partial charge in [-0.1, -0.05) is 12.8 Å². The second-order valence-electron chi connectivity index (χ2n) is 19.1. The molecular formula is C42H74N2O29. The Morgan fingerprint density at radius 1 is 0.274 bits per heavy atom. The van der Waals surface area contributed by atoms with Gasteiger partial charge < -0.3 is 155 Å². The summed E-state index contributed by atoms with van der Waals surface area (Å²) in [5.41, 5.74) is 5.60. The topological polar surface area (TPSA) is 493 Å². The molecule has 20 N–H and O–H groups in total.